The van der Waals surface area contributed by atoms with Gasteiger partial charge < -0.3 is 17.0 Å². The van der Waals surface area contributed by atoms with Gasteiger partial charge in [-0.25, -0.2) is 8.78 Å². The summed E-state index contributed by atoms with van der Waals surface area (Å²) in [6, 6.07) is 10.1. The molecule has 14 heavy (non-hydrogen) atoms. The van der Waals surface area contributed by atoms with Crippen molar-refractivity contribution in [2.45, 2.75) is 0 Å². The molecule has 0 fully saturated rings. The van der Waals surface area contributed by atoms with Crippen molar-refractivity contribution in [1.82, 2.24) is 0 Å². The van der Waals surface area contributed by atoms with E-state index in [1.165, 1.54) is 12.1 Å². The summed E-state index contributed by atoms with van der Waals surface area (Å²) in [6.07, 6.45) is 0. The average molecular weight is 267 g/mol. The van der Waals surface area contributed by atoms with Gasteiger partial charge in [-0.3, -0.25) is 0 Å². The molecule has 0 radical (unpaired) electrons. The normalized spacial score (nSPS) is 9.00. The molecule has 0 nitrogen and oxygen atoms in total. The zero-order valence-corrected chi connectivity index (χ0v) is 10.2. The molecule has 0 aliphatic carbocycles. The van der Waals surface area contributed by atoms with Gasteiger partial charge in [-0.1, -0.05) is 5.39 Å². The molecule has 68 valence electrons. The Morgan fingerprint density at radius 3 is 2.50 bits per heavy atom. The van der Waals surface area contributed by atoms with Crippen molar-refractivity contribution in [2.24, 2.45) is 0 Å². The molecule has 4 heteroatoms. The Balaban J connectivity index is 0.000000845. The van der Waals surface area contributed by atoms with Crippen molar-refractivity contribution in [1.29, 1.82) is 0 Å². The molecule has 0 aliphatic rings. The molecule has 0 aromatic heterocycles. The monoisotopic (exact) mass is 266 g/mol. The minimum Gasteiger partial charge on any atom is -1.00 e. The number of halogens is 3. The summed E-state index contributed by atoms with van der Waals surface area (Å²) < 4.78 is 25.7. The molecule has 0 saturated heterocycles. The van der Waals surface area contributed by atoms with E-state index in [1.54, 1.807) is 12.1 Å². The fourth-order valence-corrected chi connectivity index (χ4v) is 1.15. The van der Waals surface area contributed by atoms with E-state index in [0.29, 0.717) is 10.8 Å². The van der Waals surface area contributed by atoms with Gasteiger partial charge >= 0.3 is 23.1 Å². The van der Waals surface area contributed by atoms with Gasteiger partial charge in [0.05, 0.1) is 0 Å². The quantitative estimate of drug-likeness (QED) is 0.448. The molecule has 0 bridgehead atoms. The van der Waals surface area contributed by atoms with Crippen molar-refractivity contribution in [3.05, 3.63) is 48.0 Å². The standard InChI is InChI=1S/C10H5F2.BrH.Mg/c11-9-6-5-7-3-1-2-4-8(7)10(9)12;;/h2-6H;1H;/q-1;;+2/p-1. The SMILES string of the molecule is Fc1ccc2c[c-]ccc2c1F.[Br-].[Mg+2]. The van der Waals surface area contributed by atoms with Crippen molar-refractivity contribution < 1.29 is 25.8 Å². The molecule has 0 atom stereocenters. The van der Waals surface area contributed by atoms with Crippen LogP contribution in [0.4, 0.5) is 8.78 Å². The van der Waals surface area contributed by atoms with E-state index in [9.17, 15) is 8.78 Å². The van der Waals surface area contributed by atoms with Gasteiger partial charge in [-0.15, -0.1) is 11.5 Å². The molecule has 0 spiro atoms. The second-order valence-electron chi connectivity index (χ2n) is 2.51. The summed E-state index contributed by atoms with van der Waals surface area (Å²) in [5, 5.41) is 0.963. The maximum absolute atomic E-state index is 13.0. The topological polar surface area (TPSA) is 0 Å². The predicted molar refractivity (Wildman–Crippen MR) is 48.5 cm³/mol. The first-order chi connectivity index (χ1) is 5.79. The van der Waals surface area contributed by atoms with Gasteiger partial charge in [0.2, 0.25) is 0 Å². The molecule has 2 rings (SSSR count). The number of hydrogen-bond acceptors (Lipinski definition) is 0. The second-order valence-corrected chi connectivity index (χ2v) is 2.51. The van der Waals surface area contributed by atoms with Crippen LogP contribution in [0.15, 0.2) is 30.3 Å². The first kappa shape index (κ1) is 13.8. The van der Waals surface area contributed by atoms with E-state index >= 15 is 0 Å². The summed E-state index contributed by atoms with van der Waals surface area (Å²) in [5.74, 6) is -1.60. The van der Waals surface area contributed by atoms with E-state index in [4.69, 9.17) is 0 Å². The van der Waals surface area contributed by atoms with Crippen molar-refractivity contribution in [3.8, 4) is 0 Å². The first-order valence-electron chi connectivity index (χ1n) is 3.53. The molecule has 0 unspecified atom stereocenters. The Bertz CT molecular complexity index is 431. The van der Waals surface area contributed by atoms with Crippen LogP contribution in [-0.4, -0.2) is 23.1 Å². The van der Waals surface area contributed by atoms with Crippen LogP contribution in [0.3, 0.4) is 0 Å². The average Bonchev–Trinajstić information content (AvgIpc) is 2.12. The fraction of sp³-hybridized carbons (Fsp3) is 0. The maximum Gasteiger partial charge on any atom is 2.00 e. The Labute approximate surface area is 107 Å². The van der Waals surface area contributed by atoms with Crippen LogP contribution < -0.4 is 17.0 Å². The Morgan fingerprint density at radius 1 is 1.07 bits per heavy atom. The van der Waals surface area contributed by atoms with E-state index < -0.39 is 11.6 Å². The molecule has 0 saturated carbocycles. The third-order valence-corrected chi connectivity index (χ3v) is 1.75. The van der Waals surface area contributed by atoms with Crippen LogP contribution in [0.25, 0.3) is 10.8 Å². The van der Waals surface area contributed by atoms with Crippen LogP contribution in [-0.2, 0) is 0 Å². The van der Waals surface area contributed by atoms with E-state index in [2.05, 4.69) is 6.07 Å². The van der Waals surface area contributed by atoms with Crippen LogP contribution in [0, 0.1) is 17.7 Å². The van der Waals surface area contributed by atoms with E-state index in [0.717, 1.165) is 6.07 Å². The largest absolute Gasteiger partial charge is 2.00 e. The predicted octanol–water partition coefficient (Wildman–Crippen LogP) is -0.459. The molecule has 2 aromatic carbocycles. The summed E-state index contributed by atoms with van der Waals surface area (Å²) in [6.45, 7) is 0. The molecule has 0 amide bonds. The molecule has 0 heterocycles. The molecule has 0 aliphatic heterocycles. The minimum absolute atomic E-state index is 0. The zero-order valence-electron chi connectivity index (χ0n) is 7.23. The van der Waals surface area contributed by atoms with E-state index in [1.807, 2.05) is 0 Å². The zero-order chi connectivity index (χ0) is 8.55. The fourth-order valence-electron chi connectivity index (χ4n) is 1.15. The maximum atomic E-state index is 13.0. The number of fused-ring (bicyclic) bond motifs is 1. The third-order valence-electron chi connectivity index (χ3n) is 1.75. The number of hydrogen-bond donors (Lipinski definition) is 0. The van der Waals surface area contributed by atoms with E-state index in [-0.39, 0.29) is 40.0 Å². The van der Waals surface area contributed by atoms with Gasteiger partial charge in [-0.05, 0) is 6.07 Å². The summed E-state index contributed by atoms with van der Waals surface area (Å²) >= 11 is 0. The number of benzene rings is 2. The van der Waals surface area contributed by atoms with Crippen LogP contribution >= 0.6 is 0 Å². The van der Waals surface area contributed by atoms with Crippen LogP contribution in [0.1, 0.15) is 0 Å². The van der Waals surface area contributed by atoms with Gasteiger partial charge in [0, 0.05) is 0 Å². The Morgan fingerprint density at radius 2 is 1.79 bits per heavy atom. The number of rotatable bonds is 0. The Hall–Kier alpha value is -0.194. The summed E-state index contributed by atoms with van der Waals surface area (Å²) in [7, 11) is 0. The molecule has 2 aromatic rings. The van der Waals surface area contributed by atoms with Gasteiger partial charge in [0.25, 0.3) is 0 Å². The van der Waals surface area contributed by atoms with Gasteiger partial charge in [0.15, 0.2) is 5.82 Å². The minimum atomic E-state index is -0.811. The summed E-state index contributed by atoms with van der Waals surface area (Å²) in [5.41, 5.74) is 0. The van der Waals surface area contributed by atoms with Crippen LogP contribution in [0.2, 0.25) is 0 Å². The van der Waals surface area contributed by atoms with Crippen molar-refractivity contribution in [2.75, 3.05) is 0 Å². The third kappa shape index (κ3) is 2.43. The van der Waals surface area contributed by atoms with Crippen molar-refractivity contribution in [3.63, 3.8) is 0 Å². The molecular weight excluding hydrogens is 262 g/mol. The smallest absolute Gasteiger partial charge is 1.00 e. The molecular formula is C10H5BrF2Mg. The van der Waals surface area contributed by atoms with Crippen LogP contribution in [0.5, 0.6) is 0 Å². The summed E-state index contributed by atoms with van der Waals surface area (Å²) in [4.78, 5) is 0. The first-order valence-corrected chi connectivity index (χ1v) is 3.53. The second kappa shape index (κ2) is 5.63. The molecule has 0 N–H and O–H groups in total. The van der Waals surface area contributed by atoms with Crippen molar-refractivity contribution >= 4 is 33.8 Å². The Kier molecular flexibility index (Phi) is 5.55. The van der Waals surface area contributed by atoms with Gasteiger partial charge in [-0.2, -0.15) is 24.3 Å². The van der Waals surface area contributed by atoms with Gasteiger partial charge in [0.1, 0.15) is 5.82 Å².